The van der Waals surface area contributed by atoms with Gasteiger partial charge >= 0.3 is 0 Å². The van der Waals surface area contributed by atoms with Gasteiger partial charge in [0.05, 0.1) is 6.54 Å². The number of rotatable bonds is 8. The van der Waals surface area contributed by atoms with Gasteiger partial charge in [0, 0.05) is 39.1 Å². The van der Waals surface area contributed by atoms with Gasteiger partial charge in [-0.25, -0.2) is 9.67 Å². The zero-order valence-electron chi connectivity index (χ0n) is 19.3. The van der Waals surface area contributed by atoms with Crippen molar-refractivity contribution >= 4 is 29.9 Å². The molecule has 1 aliphatic heterocycles. The number of hydrogen-bond acceptors (Lipinski definition) is 4. The van der Waals surface area contributed by atoms with Crippen LogP contribution >= 0.6 is 24.0 Å². The van der Waals surface area contributed by atoms with Crippen LogP contribution < -0.4 is 10.6 Å². The largest absolute Gasteiger partial charge is 0.377 e. The molecule has 0 aliphatic carbocycles. The molecule has 0 fully saturated rings. The number of fused-ring (bicyclic) bond motifs is 1. The Bertz CT molecular complexity index is 969. The summed E-state index contributed by atoms with van der Waals surface area (Å²) in [5, 5.41) is 11.6. The molecular weight excluding hydrogens is 527 g/mol. The first-order valence-electron chi connectivity index (χ1n) is 11.3. The summed E-state index contributed by atoms with van der Waals surface area (Å²) >= 11 is 0. The molecular formula is C25H33IN6O. The van der Waals surface area contributed by atoms with Crippen LogP contribution in [0.3, 0.4) is 0 Å². The molecule has 1 aliphatic rings. The second-order valence-corrected chi connectivity index (χ2v) is 8.10. The fourth-order valence-corrected chi connectivity index (χ4v) is 4.29. The Labute approximate surface area is 213 Å². The Balaban J connectivity index is 0.00000306. The number of aromatic nitrogens is 3. The second-order valence-electron chi connectivity index (χ2n) is 8.10. The summed E-state index contributed by atoms with van der Waals surface area (Å²) < 4.78 is 7.15. The smallest absolute Gasteiger partial charge is 0.191 e. The van der Waals surface area contributed by atoms with E-state index in [1.54, 1.807) is 7.11 Å². The van der Waals surface area contributed by atoms with E-state index in [1.807, 2.05) is 11.7 Å². The molecule has 2 aromatic carbocycles. The molecule has 2 heterocycles. The summed E-state index contributed by atoms with van der Waals surface area (Å²) in [6.07, 6.45) is 2.88. The van der Waals surface area contributed by atoms with E-state index in [1.165, 1.54) is 11.1 Å². The Morgan fingerprint density at radius 2 is 1.79 bits per heavy atom. The molecule has 0 bridgehead atoms. The quantitative estimate of drug-likeness (QED) is 0.250. The lowest BCUT2D eigenvalue weighted by atomic mass is 9.88. The molecule has 0 saturated carbocycles. The van der Waals surface area contributed by atoms with Crippen molar-refractivity contribution in [3.8, 4) is 0 Å². The maximum absolute atomic E-state index is 5.16. The summed E-state index contributed by atoms with van der Waals surface area (Å²) in [6, 6.07) is 21.7. The van der Waals surface area contributed by atoms with Gasteiger partial charge < -0.3 is 15.4 Å². The molecule has 1 atom stereocenters. The van der Waals surface area contributed by atoms with Crippen LogP contribution in [0.1, 0.15) is 41.5 Å². The SMILES string of the molecule is CN=C(NCCC(c1ccccc1)c1ccccc1)NC1CCc2nc(COC)nn2C1.I. The minimum Gasteiger partial charge on any atom is -0.377 e. The van der Waals surface area contributed by atoms with Crippen LogP contribution in [-0.2, 0) is 24.3 Å². The molecule has 0 amide bonds. The van der Waals surface area contributed by atoms with Crippen molar-refractivity contribution in [2.24, 2.45) is 4.99 Å². The van der Waals surface area contributed by atoms with Crippen molar-refractivity contribution in [1.29, 1.82) is 0 Å². The third kappa shape index (κ3) is 6.77. The highest BCUT2D eigenvalue weighted by Gasteiger charge is 2.22. The molecule has 1 unspecified atom stereocenters. The molecule has 0 radical (unpaired) electrons. The van der Waals surface area contributed by atoms with Crippen LogP contribution in [0.25, 0.3) is 0 Å². The van der Waals surface area contributed by atoms with Crippen molar-refractivity contribution in [2.45, 2.75) is 44.4 Å². The summed E-state index contributed by atoms with van der Waals surface area (Å²) in [6.45, 7) is 2.06. The number of guanidine groups is 1. The minimum absolute atomic E-state index is 0. The molecule has 1 aromatic heterocycles. The van der Waals surface area contributed by atoms with Gasteiger partial charge in [-0.2, -0.15) is 5.10 Å². The Kier molecular flexibility index (Phi) is 9.68. The van der Waals surface area contributed by atoms with E-state index in [0.717, 1.165) is 50.0 Å². The highest BCUT2D eigenvalue weighted by molar-refractivity contribution is 14.0. The highest BCUT2D eigenvalue weighted by Crippen LogP contribution is 2.27. The van der Waals surface area contributed by atoms with Gasteiger partial charge in [0.1, 0.15) is 12.4 Å². The van der Waals surface area contributed by atoms with Crippen molar-refractivity contribution in [3.63, 3.8) is 0 Å². The number of nitrogens with zero attached hydrogens (tertiary/aromatic N) is 4. The second kappa shape index (κ2) is 12.7. The number of methoxy groups -OCH3 is 1. The summed E-state index contributed by atoms with van der Waals surface area (Å²) in [5.74, 6) is 2.95. The molecule has 3 aromatic rings. The zero-order valence-corrected chi connectivity index (χ0v) is 21.6. The Morgan fingerprint density at radius 3 is 2.39 bits per heavy atom. The van der Waals surface area contributed by atoms with Gasteiger partial charge in [-0.1, -0.05) is 60.7 Å². The standard InChI is InChI=1S/C25H32N6O.HI/c1-26-25(28-21-13-14-24-29-23(18-32-2)30-31(24)17-21)27-16-15-22(19-9-5-3-6-10-19)20-11-7-4-8-12-20;/h3-12,21-22H,13-18H2,1-2H3,(H2,26,27,28);1H. The minimum atomic E-state index is 0. The highest BCUT2D eigenvalue weighted by atomic mass is 127. The number of benzene rings is 2. The average molecular weight is 560 g/mol. The van der Waals surface area contributed by atoms with Crippen LogP contribution in [0.4, 0.5) is 0 Å². The van der Waals surface area contributed by atoms with Crippen molar-refractivity contribution in [2.75, 3.05) is 20.7 Å². The van der Waals surface area contributed by atoms with Crippen LogP contribution in [-0.4, -0.2) is 47.5 Å². The van der Waals surface area contributed by atoms with E-state index < -0.39 is 0 Å². The molecule has 7 nitrogen and oxygen atoms in total. The molecule has 2 N–H and O–H groups in total. The van der Waals surface area contributed by atoms with E-state index >= 15 is 0 Å². The van der Waals surface area contributed by atoms with Gasteiger partial charge in [-0.3, -0.25) is 4.99 Å². The predicted molar refractivity (Wildman–Crippen MR) is 142 cm³/mol. The van der Waals surface area contributed by atoms with E-state index in [9.17, 15) is 0 Å². The van der Waals surface area contributed by atoms with E-state index in [4.69, 9.17) is 4.74 Å². The first kappa shape index (κ1) is 25.2. The topological polar surface area (TPSA) is 76.4 Å². The van der Waals surface area contributed by atoms with Crippen LogP contribution in [0, 0.1) is 0 Å². The lowest BCUT2D eigenvalue weighted by Gasteiger charge is -2.26. The van der Waals surface area contributed by atoms with Crippen molar-refractivity contribution < 1.29 is 4.74 Å². The van der Waals surface area contributed by atoms with Crippen LogP contribution in [0.5, 0.6) is 0 Å². The molecule has 0 spiro atoms. The van der Waals surface area contributed by atoms with Crippen molar-refractivity contribution in [1.82, 2.24) is 25.4 Å². The third-order valence-electron chi connectivity index (χ3n) is 5.87. The number of nitrogens with one attached hydrogen (secondary N) is 2. The first-order chi connectivity index (χ1) is 15.8. The van der Waals surface area contributed by atoms with Crippen LogP contribution in [0.2, 0.25) is 0 Å². The van der Waals surface area contributed by atoms with E-state index in [-0.39, 0.29) is 30.0 Å². The number of aliphatic imine (C=N–C) groups is 1. The maximum atomic E-state index is 5.16. The van der Waals surface area contributed by atoms with Gasteiger partial charge in [0.15, 0.2) is 11.8 Å². The fraction of sp³-hybridized carbons (Fsp3) is 0.400. The van der Waals surface area contributed by atoms with Gasteiger partial charge in [0.2, 0.25) is 0 Å². The molecule has 33 heavy (non-hydrogen) atoms. The normalized spacial score (nSPS) is 15.6. The number of halogens is 1. The monoisotopic (exact) mass is 560 g/mol. The number of aryl methyl sites for hydroxylation is 1. The number of ether oxygens (including phenoxy) is 1. The lowest BCUT2D eigenvalue weighted by molar-refractivity contribution is 0.177. The van der Waals surface area contributed by atoms with Gasteiger partial charge in [0.25, 0.3) is 0 Å². The van der Waals surface area contributed by atoms with Gasteiger partial charge in [-0.15, -0.1) is 24.0 Å². The van der Waals surface area contributed by atoms with E-state index in [0.29, 0.717) is 12.5 Å². The summed E-state index contributed by atoms with van der Waals surface area (Å²) in [7, 11) is 3.49. The summed E-state index contributed by atoms with van der Waals surface area (Å²) in [4.78, 5) is 9.00. The number of hydrogen-bond donors (Lipinski definition) is 2. The lowest BCUT2D eigenvalue weighted by Crippen LogP contribution is -2.47. The van der Waals surface area contributed by atoms with Gasteiger partial charge in [-0.05, 0) is 24.0 Å². The Morgan fingerprint density at radius 1 is 1.12 bits per heavy atom. The van der Waals surface area contributed by atoms with E-state index in [2.05, 4.69) is 86.4 Å². The van der Waals surface area contributed by atoms with Crippen LogP contribution in [0.15, 0.2) is 65.7 Å². The van der Waals surface area contributed by atoms with Crippen molar-refractivity contribution in [3.05, 3.63) is 83.4 Å². The third-order valence-corrected chi connectivity index (χ3v) is 5.87. The molecule has 8 heteroatoms. The molecule has 0 saturated heterocycles. The maximum Gasteiger partial charge on any atom is 0.191 e. The molecule has 4 rings (SSSR count). The Hall–Kier alpha value is -2.46. The zero-order chi connectivity index (χ0) is 22.2. The molecule has 176 valence electrons. The predicted octanol–water partition coefficient (Wildman–Crippen LogP) is 3.74. The average Bonchev–Trinajstić information content (AvgIpc) is 3.24. The summed E-state index contributed by atoms with van der Waals surface area (Å²) in [5.41, 5.74) is 2.67. The fourth-order valence-electron chi connectivity index (χ4n) is 4.29. The first-order valence-corrected chi connectivity index (χ1v) is 11.3.